The van der Waals surface area contributed by atoms with Crippen LogP contribution in [-0.4, -0.2) is 79.9 Å². The van der Waals surface area contributed by atoms with E-state index in [1.807, 2.05) is 13.1 Å². The van der Waals surface area contributed by atoms with E-state index in [4.69, 9.17) is 4.74 Å². The molecule has 136 valence electrons. The van der Waals surface area contributed by atoms with Gasteiger partial charge in [-0.25, -0.2) is 13.4 Å². The van der Waals surface area contributed by atoms with Gasteiger partial charge in [-0.2, -0.15) is 0 Å². The van der Waals surface area contributed by atoms with E-state index in [2.05, 4.69) is 9.88 Å². The minimum absolute atomic E-state index is 0.0361. The van der Waals surface area contributed by atoms with Crippen molar-refractivity contribution >= 4 is 15.7 Å². The van der Waals surface area contributed by atoms with Gasteiger partial charge < -0.3 is 9.64 Å². The van der Waals surface area contributed by atoms with Crippen molar-refractivity contribution in [3.63, 3.8) is 0 Å². The van der Waals surface area contributed by atoms with Gasteiger partial charge in [-0.05, 0) is 37.9 Å². The summed E-state index contributed by atoms with van der Waals surface area (Å²) in [4.78, 5) is 21.5. The maximum absolute atomic E-state index is 13.2. The Labute approximate surface area is 147 Å². The molecule has 4 rings (SSSR count). The Morgan fingerprint density at radius 3 is 2.76 bits per heavy atom. The lowest BCUT2D eigenvalue weighted by Gasteiger charge is -2.42. The van der Waals surface area contributed by atoms with Crippen molar-refractivity contribution in [1.29, 1.82) is 0 Å². The number of likely N-dealkylation sites (N-methyl/N-ethyl adjacent to an activating group) is 1. The molecule has 0 unspecified atom stereocenters. The largest absolute Gasteiger partial charge is 0.480 e. The first-order chi connectivity index (χ1) is 11.9. The third-order valence-corrected chi connectivity index (χ3v) is 7.35. The summed E-state index contributed by atoms with van der Waals surface area (Å²) < 4.78 is 29.6. The molecular weight excluding hydrogens is 342 g/mol. The van der Waals surface area contributed by atoms with Gasteiger partial charge in [-0.3, -0.25) is 9.69 Å². The number of carbonyl (C=O) groups is 1. The Kier molecular flexibility index (Phi) is 3.99. The van der Waals surface area contributed by atoms with Crippen LogP contribution in [0.3, 0.4) is 0 Å². The van der Waals surface area contributed by atoms with Crippen molar-refractivity contribution in [2.75, 3.05) is 38.8 Å². The van der Waals surface area contributed by atoms with Crippen LogP contribution in [0.15, 0.2) is 6.07 Å². The lowest BCUT2D eigenvalue weighted by molar-refractivity contribution is 0.0406. The highest BCUT2D eigenvalue weighted by Gasteiger charge is 2.47. The maximum atomic E-state index is 13.2. The molecule has 1 aromatic heterocycles. The Balaban J connectivity index is 1.69. The number of hydrogen-bond acceptors (Lipinski definition) is 6. The Hall–Kier alpha value is -1.67. The van der Waals surface area contributed by atoms with Gasteiger partial charge in [0.2, 0.25) is 5.88 Å². The molecule has 3 heterocycles. The molecule has 0 N–H and O–H groups in total. The molecule has 1 aliphatic carbocycles. The Bertz CT molecular complexity index is 823. The second-order valence-electron chi connectivity index (χ2n) is 7.20. The van der Waals surface area contributed by atoms with E-state index in [1.165, 1.54) is 7.11 Å². The molecule has 8 heteroatoms. The van der Waals surface area contributed by atoms with Gasteiger partial charge in [0.1, 0.15) is 5.56 Å². The van der Waals surface area contributed by atoms with Crippen LogP contribution in [-0.2, 0) is 22.7 Å². The summed E-state index contributed by atoms with van der Waals surface area (Å²) in [6, 6.07) is 1.47. The number of pyridine rings is 1. The standard InChI is InChI=1S/C17H23N3O4S/c1-19-6-7-20(15-10-25(22,23)9-14(15)19)17(21)12-8-11-4-3-5-13(11)18-16(12)24-2/h8,14-15H,3-7,9-10H2,1-2H3/t14-,15+/m1/s1. The zero-order valence-corrected chi connectivity index (χ0v) is 15.4. The SMILES string of the molecule is COc1nc2c(cc1C(=O)N1CCN(C)[C@@H]3CS(=O)(=O)C[C@@H]31)CCC2. The van der Waals surface area contributed by atoms with Gasteiger partial charge in [0.25, 0.3) is 5.91 Å². The zero-order valence-electron chi connectivity index (χ0n) is 14.6. The fourth-order valence-electron chi connectivity index (χ4n) is 4.30. The van der Waals surface area contributed by atoms with Crippen LogP contribution in [0.1, 0.15) is 28.0 Å². The van der Waals surface area contributed by atoms with E-state index in [9.17, 15) is 13.2 Å². The third kappa shape index (κ3) is 2.81. The highest BCUT2D eigenvalue weighted by Crippen LogP contribution is 2.31. The van der Waals surface area contributed by atoms with E-state index < -0.39 is 9.84 Å². The van der Waals surface area contributed by atoms with Gasteiger partial charge in [-0.1, -0.05) is 0 Å². The number of fused-ring (bicyclic) bond motifs is 2. The van der Waals surface area contributed by atoms with Gasteiger partial charge in [0.05, 0.1) is 24.7 Å². The van der Waals surface area contributed by atoms with Crippen LogP contribution >= 0.6 is 0 Å². The fourth-order valence-corrected chi connectivity index (χ4v) is 6.35. The van der Waals surface area contributed by atoms with E-state index in [-0.39, 0.29) is 29.5 Å². The summed E-state index contributed by atoms with van der Waals surface area (Å²) in [5.41, 5.74) is 2.57. The summed E-state index contributed by atoms with van der Waals surface area (Å²) in [5.74, 6) is 0.340. The summed E-state index contributed by atoms with van der Waals surface area (Å²) in [6.45, 7) is 1.19. The predicted octanol–water partition coefficient (Wildman–Crippen LogP) is 0.132. The Morgan fingerprint density at radius 1 is 1.24 bits per heavy atom. The molecule has 3 aliphatic rings. The van der Waals surface area contributed by atoms with Gasteiger partial charge >= 0.3 is 0 Å². The second-order valence-corrected chi connectivity index (χ2v) is 9.35. The predicted molar refractivity (Wildman–Crippen MR) is 92.7 cm³/mol. The number of carbonyl (C=O) groups excluding carboxylic acids is 1. The third-order valence-electron chi connectivity index (χ3n) is 5.65. The number of methoxy groups -OCH3 is 1. The average Bonchev–Trinajstić information content (AvgIpc) is 3.16. The van der Waals surface area contributed by atoms with E-state index in [1.54, 1.807) is 4.90 Å². The van der Waals surface area contributed by atoms with Crippen molar-refractivity contribution in [2.45, 2.75) is 31.3 Å². The molecule has 0 spiro atoms. The highest BCUT2D eigenvalue weighted by molar-refractivity contribution is 7.91. The summed E-state index contributed by atoms with van der Waals surface area (Å²) >= 11 is 0. The van der Waals surface area contributed by atoms with Crippen LogP contribution < -0.4 is 4.74 Å². The number of amides is 1. The number of aryl methyl sites for hydroxylation is 2. The van der Waals surface area contributed by atoms with Gasteiger partial charge in [0.15, 0.2) is 9.84 Å². The second kappa shape index (κ2) is 5.95. The number of nitrogens with zero attached hydrogens (tertiary/aromatic N) is 3. The van der Waals surface area contributed by atoms with Crippen molar-refractivity contribution in [3.8, 4) is 5.88 Å². The minimum Gasteiger partial charge on any atom is -0.480 e. The molecule has 1 aromatic rings. The van der Waals surface area contributed by atoms with Gasteiger partial charge in [-0.15, -0.1) is 0 Å². The summed E-state index contributed by atoms with van der Waals surface area (Å²) in [7, 11) is 0.331. The molecule has 0 radical (unpaired) electrons. The molecule has 1 amide bonds. The van der Waals surface area contributed by atoms with E-state index >= 15 is 0 Å². The molecule has 2 aliphatic heterocycles. The number of rotatable bonds is 2. The number of aromatic nitrogens is 1. The van der Waals surface area contributed by atoms with Gasteiger partial charge in [0, 0.05) is 24.8 Å². The van der Waals surface area contributed by atoms with Crippen LogP contribution in [0.5, 0.6) is 5.88 Å². The van der Waals surface area contributed by atoms with Crippen LogP contribution in [0.25, 0.3) is 0 Å². The molecule has 0 saturated carbocycles. The first kappa shape index (κ1) is 16.8. The van der Waals surface area contributed by atoms with E-state index in [0.29, 0.717) is 24.5 Å². The molecule has 0 bridgehead atoms. The van der Waals surface area contributed by atoms with Crippen molar-refractivity contribution in [3.05, 3.63) is 22.9 Å². The lowest BCUT2D eigenvalue weighted by atomic mass is 10.0. The van der Waals surface area contributed by atoms with E-state index in [0.717, 1.165) is 30.5 Å². The molecule has 25 heavy (non-hydrogen) atoms. The first-order valence-corrected chi connectivity index (χ1v) is 10.5. The smallest absolute Gasteiger partial charge is 0.259 e. The quantitative estimate of drug-likeness (QED) is 0.741. The molecule has 7 nitrogen and oxygen atoms in total. The maximum Gasteiger partial charge on any atom is 0.259 e. The van der Waals surface area contributed by atoms with Crippen LogP contribution in [0.2, 0.25) is 0 Å². The molecule has 2 fully saturated rings. The summed E-state index contributed by atoms with van der Waals surface area (Å²) in [5, 5.41) is 0. The van der Waals surface area contributed by atoms with Crippen molar-refractivity contribution in [2.24, 2.45) is 0 Å². The topological polar surface area (TPSA) is 79.8 Å². The Morgan fingerprint density at radius 2 is 2.00 bits per heavy atom. The minimum atomic E-state index is -3.12. The summed E-state index contributed by atoms with van der Waals surface area (Å²) in [6.07, 6.45) is 2.88. The number of ether oxygens (including phenoxy) is 1. The number of piperazine rings is 1. The fraction of sp³-hybridized carbons (Fsp3) is 0.647. The molecular formula is C17H23N3O4S. The molecule has 0 aromatic carbocycles. The average molecular weight is 365 g/mol. The first-order valence-electron chi connectivity index (χ1n) is 8.68. The van der Waals surface area contributed by atoms with Crippen molar-refractivity contribution in [1.82, 2.24) is 14.8 Å². The monoisotopic (exact) mass is 365 g/mol. The highest BCUT2D eigenvalue weighted by atomic mass is 32.2. The number of sulfone groups is 1. The van der Waals surface area contributed by atoms with Crippen LogP contribution in [0.4, 0.5) is 0 Å². The van der Waals surface area contributed by atoms with Crippen molar-refractivity contribution < 1.29 is 17.9 Å². The lowest BCUT2D eigenvalue weighted by Crippen LogP contribution is -2.59. The number of hydrogen-bond donors (Lipinski definition) is 0. The zero-order chi connectivity index (χ0) is 17.8. The normalized spacial score (nSPS) is 27.8. The molecule has 2 saturated heterocycles. The molecule has 2 atom stereocenters. The van der Waals surface area contributed by atoms with Crippen LogP contribution in [0, 0.1) is 0 Å².